The molecule has 2 rings (SSSR count). The van der Waals surface area contributed by atoms with E-state index in [4.69, 9.17) is 0 Å². The van der Waals surface area contributed by atoms with Gasteiger partial charge in [0.25, 0.3) is 0 Å². The van der Waals surface area contributed by atoms with Gasteiger partial charge in [-0.3, -0.25) is 4.79 Å². The number of thiazole rings is 1. The van der Waals surface area contributed by atoms with Crippen LogP contribution in [0, 0.1) is 0 Å². The normalized spacial score (nSPS) is 18.8. The number of amides is 1. The molecule has 1 aromatic rings. The molecule has 1 unspecified atom stereocenters. The second kappa shape index (κ2) is 9.70. The van der Waals surface area contributed by atoms with Crippen LogP contribution in [0.4, 0.5) is 0 Å². The number of carbonyl (C=O) groups is 1. The van der Waals surface area contributed by atoms with Crippen LogP contribution in [0.1, 0.15) is 51.2 Å². The smallest absolute Gasteiger partial charge is 0.222 e. The van der Waals surface area contributed by atoms with Crippen molar-refractivity contribution in [2.24, 2.45) is 4.99 Å². The second-order valence-corrected chi connectivity index (χ2v) is 8.17. The van der Waals surface area contributed by atoms with Crippen LogP contribution in [-0.2, 0) is 16.8 Å². The zero-order valence-electron chi connectivity index (χ0n) is 15.8. The summed E-state index contributed by atoms with van der Waals surface area (Å²) in [7, 11) is 1.85. The Morgan fingerprint density at radius 3 is 2.76 bits per heavy atom. The number of nitrogens with one attached hydrogen (secondary N) is 2. The minimum absolute atomic E-state index is 0. The summed E-state index contributed by atoms with van der Waals surface area (Å²) in [4.78, 5) is 22.7. The Balaban J connectivity index is 0.00000312. The number of hydrogen-bond acceptors (Lipinski definition) is 4. The topological polar surface area (TPSA) is 69.6 Å². The average molecular weight is 479 g/mol. The molecule has 1 aliphatic rings. The standard InChI is InChI=1S/C17H29N5OS.HI/c1-6-18-16(20-12-7-8-15(23)22(5)10-12)19-9-14-21-13(11-24-14)17(2,3)4;/h11-12H,6-10H2,1-5H3,(H2,18,19,20);1H. The summed E-state index contributed by atoms with van der Waals surface area (Å²) in [6.45, 7) is 10.6. The average Bonchev–Trinajstić information content (AvgIpc) is 2.98. The number of nitrogens with zero attached hydrogens (tertiary/aromatic N) is 3. The molecule has 2 N–H and O–H groups in total. The molecule has 8 heteroatoms. The third kappa shape index (κ3) is 6.73. The molecular formula is C17H30IN5OS. The first-order valence-electron chi connectivity index (χ1n) is 8.53. The fraction of sp³-hybridized carbons (Fsp3) is 0.706. The number of piperidine rings is 1. The van der Waals surface area contributed by atoms with Gasteiger partial charge in [0.1, 0.15) is 5.01 Å². The largest absolute Gasteiger partial charge is 0.357 e. The SMILES string of the molecule is CCNC(=NCc1nc(C(C)(C)C)cs1)NC1CCC(=O)N(C)C1.I. The predicted octanol–water partition coefficient (Wildman–Crippen LogP) is 2.73. The Labute approximate surface area is 171 Å². The predicted molar refractivity (Wildman–Crippen MR) is 115 cm³/mol. The zero-order chi connectivity index (χ0) is 17.7. The van der Waals surface area contributed by atoms with Crippen molar-refractivity contribution in [3.8, 4) is 0 Å². The fourth-order valence-electron chi connectivity index (χ4n) is 2.52. The number of carbonyl (C=O) groups excluding carboxylic acids is 1. The number of guanidine groups is 1. The third-order valence-corrected chi connectivity index (χ3v) is 4.84. The van der Waals surface area contributed by atoms with Gasteiger partial charge in [0, 0.05) is 43.4 Å². The van der Waals surface area contributed by atoms with E-state index in [1.165, 1.54) is 0 Å². The fourth-order valence-corrected chi connectivity index (χ4v) is 3.46. The van der Waals surface area contributed by atoms with E-state index in [0.717, 1.165) is 29.6 Å². The van der Waals surface area contributed by atoms with Gasteiger partial charge < -0.3 is 15.5 Å². The van der Waals surface area contributed by atoms with Crippen LogP contribution in [0.15, 0.2) is 10.4 Å². The highest BCUT2D eigenvalue weighted by Crippen LogP contribution is 2.24. The van der Waals surface area contributed by atoms with E-state index in [1.807, 2.05) is 7.05 Å². The van der Waals surface area contributed by atoms with Gasteiger partial charge in [0.15, 0.2) is 5.96 Å². The van der Waals surface area contributed by atoms with E-state index in [-0.39, 0.29) is 41.3 Å². The third-order valence-electron chi connectivity index (χ3n) is 4.00. The van der Waals surface area contributed by atoms with Crippen LogP contribution < -0.4 is 10.6 Å². The summed E-state index contributed by atoms with van der Waals surface area (Å²) < 4.78 is 0. The molecule has 1 aromatic heterocycles. The molecule has 1 fully saturated rings. The number of halogens is 1. The van der Waals surface area contributed by atoms with Crippen molar-refractivity contribution in [1.82, 2.24) is 20.5 Å². The highest BCUT2D eigenvalue weighted by atomic mass is 127. The van der Waals surface area contributed by atoms with Gasteiger partial charge in [0.05, 0.1) is 12.2 Å². The number of hydrogen-bond donors (Lipinski definition) is 2. The van der Waals surface area contributed by atoms with Gasteiger partial charge in [-0.2, -0.15) is 0 Å². The Kier molecular flexibility index (Phi) is 8.59. The highest BCUT2D eigenvalue weighted by molar-refractivity contribution is 14.0. The maximum absolute atomic E-state index is 11.6. The lowest BCUT2D eigenvalue weighted by Gasteiger charge is -2.31. The summed E-state index contributed by atoms with van der Waals surface area (Å²) in [6.07, 6.45) is 1.44. The summed E-state index contributed by atoms with van der Waals surface area (Å²) in [5.41, 5.74) is 1.18. The quantitative estimate of drug-likeness (QED) is 0.396. The number of aromatic nitrogens is 1. The van der Waals surface area contributed by atoms with Crippen molar-refractivity contribution in [1.29, 1.82) is 0 Å². The maximum Gasteiger partial charge on any atom is 0.222 e. The van der Waals surface area contributed by atoms with Gasteiger partial charge in [-0.05, 0) is 13.3 Å². The number of rotatable bonds is 4. The maximum atomic E-state index is 11.6. The van der Waals surface area contributed by atoms with E-state index in [1.54, 1.807) is 16.2 Å². The number of aliphatic imine (C=N–C) groups is 1. The first-order valence-corrected chi connectivity index (χ1v) is 9.41. The van der Waals surface area contributed by atoms with E-state index < -0.39 is 0 Å². The molecule has 142 valence electrons. The van der Waals surface area contributed by atoms with Crippen molar-refractivity contribution in [2.75, 3.05) is 20.1 Å². The molecule has 0 aromatic carbocycles. The molecule has 0 spiro atoms. The molecule has 0 saturated carbocycles. The molecule has 25 heavy (non-hydrogen) atoms. The zero-order valence-corrected chi connectivity index (χ0v) is 18.9. The summed E-state index contributed by atoms with van der Waals surface area (Å²) in [5.74, 6) is 1.00. The van der Waals surface area contributed by atoms with Crippen molar-refractivity contribution in [2.45, 2.75) is 58.5 Å². The van der Waals surface area contributed by atoms with Crippen LogP contribution in [0.3, 0.4) is 0 Å². The lowest BCUT2D eigenvalue weighted by atomic mass is 9.93. The summed E-state index contributed by atoms with van der Waals surface area (Å²) in [6, 6.07) is 0.243. The van der Waals surface area contributed by atoms with Crippen LogP contribution in [0.25, 0.3) is 0 Å². The molecule has 0 radical (unpaired) electrons. The van der Waals surface area contributed by atoms with Gasteiger partial charge in [-0.15, -0.1) is 35.3 Å². The minimum atomic E-state index is 0. The van der Waals surface area contributed by atoms with Gasteiger partial charge in [-0.25, -0.2) is 9.98 Å². The molecule has 0 bridgehead atoms. The Morgan fingerprint density at radius 2 is 2.20 bits per heavy atom. The monoisotopic (exact) mass is 479 g/mol. The molecule has 6 nitrogen and oxygen atoms in total. The first kappa shape index (κ1) is 22.1. The van der Waals surface area contributed by atoms with E-state index in [2.05, 4.69) is 53.7 Å². The van der Waals surface area contributed by atoms with Crippen LogP contribution in [0.2, 0.25) is 0 Å². The summed E-state index contributed by atoms with van der Waals surface area (Å²) >= 11 is 1.66. The first-order chi connectivity index (χ1) is 11.3. The van der Waals surface area contributed by atoms with Crippen LogP contribution in [0.5, 0.6) is 0 Å². The van der Waals surface area contributed by atoms with Crippen LogP contribution in [-0.4, -0.2) is 47.9 Å². The van der Waals surface area contributed by atoms with Crippen molar-refractivity contribution < 1.29 is 4.79 Å². The van der Waals surface area contributed by atoms with E-state index in [0.29, 0.717) is 19.5 Å². The van der Waals surface area contributed by atoms with E-state index in [9.17, 15) is 4.79 Å². The van der Waals surface area contributed by atoms with Gasteiger partial charge in [-0.1, -0.05) is 20.8 Å². The van der Waals surface area contributed by atoms with Gasteiger partial charge >= 0.3 is 0 Å². The molecule has 1 aliphatic heterocycles. The lowest BCUT2D eigenvalue weighted by molar-refractivity contribution is -0.132. The Bertz CT molecular complexity index is 596. The van der Waals surface area contributed by atoms with Gasteiger partial charge in [0.2, 0.25) is 5.91 Å². The van der Waals surface area contributed by atoms with Crippen molar-refractivity contribution >= 4 is 47.2 Å². The molecule has 0 aliphatic carbocycles. The Morgan fingerprint density at radius 1 is 1.48 bits per heavy atom. The Hall–Kier alpha value is -0.900. The molecular weight excluding hydrogens is 449 g/mol. The molecule has 1 amide bonds. The lowest BCUT2D eigenvalue weighted by Crippen LogP contribution is -2.51. The van der Waals surface area contributed by atoms with Crippen molar-refractivity contribution in [3.63, 3.8) is 0 Å². The summed E-state index contributed by atoms with van der Waals surface area (Å²) in [5, 5.41) is 9.85. The molecule has 1 saturated heterocycles. The molecule has 2 heterocycles. The van der Waals surface area contributed by atoms with Crippen LogP contribution >= 0.6 is 35.3 Å². The molecule has 1 atom stereocenters. The second-order valence-electron chi connectivity index (χ2n) is 7.23. The van der Waals surface area contributed by atoms with E-state index >= 15 is 0 Å². The minimum Gasteiger partial charge on any atom is -0.357 e. The number of likely N-dealkylation sites (N-methyl/N-ethyl adjacent to an activating group) is 1. The van der Waals surface area contributed by atoms with Crippen molar-refractivity contribution in [3.05, 3.63) is 16.1 Å². The number of likely N-dealkylation sites (tertiary alicyclic amines) is 1. The highest BCUT2D eigenvalue weighted by Gasteiger charge is 2.23.